The first kappa shape index (κ1) is 22.3. The molecule has 0 bridgehead atoms. The summed E-state index contributed by atoms with van der Waals surface area (Å²) in [7, 11) is 0. The fourth-order valence-electron chi connectivity index (χ4n) is 2.39. The van der Waals surface area contributed by atoms with Crippen molar-refractivity contribution in [2.24, 2.45) is 5.10 Å². The molecule has 0 fully saturated rings. The SMILES string of the molecule is O=C(N/N=C\c1ccc(OCc2ccc(Cl)cc2)c(Cl)c1)C(=O)Nc1ccc(F)cc1. The van der Waals surface area contributed by atoms with E-state index in [-0.39, 0.29) is 5.69 Å². The Kier molecular flexibility index (Phi) is 7.59. The van der Waals surface area contributed by atoms with Gasteiger partial charge in [-0.25, -0.2) is 9.82 Å². The van der Waals surface area contributed by atoms with Crippen LogP contribution >= 0.6 is 23.2 Å². The third-order valence-electron chi connectivity index (χ3n) is 3.95. The van der Waals surface area contributed by atoms with E-state index in [1.165, 1.54) is 18.3 Å². The number of hydrazone groups is 1. The Morgan fingerprint density at radius 3 is 2.35 bits per heavy atom. The van der Waals surface area contributed by atoms with Crippen LogP contribution in [-0.4, -0.2) is 18.0 Å². The van der Waals surface area contributed by atoms with Crippen molar-refractivity contribution in [3.8, 4) is 5.75 Å². The van der Waals surface area contributed by atoms with Crippen molar-refractivity contribution in [1.29, 1.82) is 0 Å². The quantitative estimate of drug-likeness (QED) is 0.315. The van der Waals surface area contributed by atoms with Crippen LogP contribution in [0.2, 0.25) is 10.0 Å². The lowest BCUT2D eigenvalue weighted by molar-refractivity contribution is -0.136. The van der Waals surface area contributed by atoms with Crippen molar-refractivity contribution in [3.63, 3.8) is 0 Å². The number of carbonyl (C=O) groups is 2. The van der Waals surface area contributed by atoms with E-state index in [9.17, 15) is 14.0 Å². The molecule has 0 aliphatic rings. The van der Waals surface area contributed by atoms with Gasteiger partial charge in [-0.15, -0.1) is 0 Å². The van der Waals surface area contributed by atoms with E-state index >= 15 is 0 Å². The molecular formula is C22H16Cl2FN3O3. The van der Waals surface area contributed by atoms with Crippen LogP contribution in [-0.2, 0) is 16.2 Å². The van der Waals surface area contributed by atoms with Gasteiger partial charge in [0.15, 0.2) is 0 Å². The molecule has 0 aromatic heterocycles. The maximum absolute atomic E-state index is 12.9. The highest BCUT2D eigenvalue weighted by Crippen LogP contribution is 2.26. The van der Waals surface area contributed by atoms with Gasteiger partial charge in [0.1, 0.15) is 18.2 Å². The first-order valence-corrected chi connectivity index (χ1v) is 9.73. The van der Waals surface area contributed by atoms with Gasteiger partial charge < -0.3 is 10.1 Å². The zero-order valence-corrected chi connectivity index (χ0v) is 17.5. The molecule has 0 spiro atoms. The number of hydrogen-bond acceptors (Lipinski definition) is 4. The Morgan fingerprint density at radius 2 is 1.68 bits per heavy atom. The molecule has 31 heavy (non-hydrogen) atoms. The maximum atomic E-state index is 12.9. The number of halogens is 3. The summed E-state index contributed by atoms with van der Waals surface area (Å²) in [4.78, 5) is 23.6. The molecule has 0 saturated heterocycles. The number of rotatable bonds is 6. The molecule has 0 unspecified atom stereocenters. The van der Waals surface area contributed by atoms with Gasteiger partial charge in [0.05, 0.1) is 11.2 Å². The minimum absolute atomic E-state index is 0.284. The molecule has 3 aromatic carbocycles. The van der Waals surface area contributed by atoms with Gasteiger partial charge in [-0.05, 0) is 65.7 Å². The van der Waals surface area contributed by atoms with Crippen LogP contribution in [0.3, 0.4) is 0 Å². The summed E-state index contributed by atoms with van der Waals surface area (Å²) in [5.41, 5.74) is 3.91. The molecule has 2 N–H and O–H groups in total. The Labute approximate surface area is 187 Å². The Balaban J connectivity index is 1.51. The van der Waals surface area contributed by atoms with Crippen LogP contribution in [0.4, 0.5) is 10.1 Å². The number of carbonyl (C=O) groups excluding carboxylic acids is 2. The average molecular weight is 460 g/mol. The van der Waals surface area contributed by atoms with Crippen LogP contribution in [0.5, 0.6) is 5.75 Å². The first-order chi connectivity index (χ1) is 14.9. The summed E-state index contributed by atoms with van der Waals surface area (Å²) >= 11 is 12.1. The third-order valence-corrected chi connectivity index (χ3v) is 4.50. The highest BCUT2D eigenvalue weighted by molar-refractivity contribution is 6.39. The lowest BCUT2D eigenvalue weighted by atomic mass is 10.2. The van der Waals surface area contributed by atoms with Gasteiger partial charge in [0.25, 0.3) is 0 Å². The molecule has 6 nitrogen and oxygen atoms in total. The molecule has 0 saturated carbocycles. The van der Waals surface area contributed by atoms with Gasteiger partial charge in [-0.1, -0.05) is 35.3 Å². The Hall–Kier alpha value is -3.42. The molecule has 3 aromatic rings. The minimum Gasteiger partial charge on any atom is -0.487 e. The normalized spacial score (nSPS) is 10.7. The molecular weight excluding hydrogens is 444 g/mol. The third kappa shape index (κ3) is 6.80. The highest BCUT2D eigenvalue weighted by atomic mass is 35.5. The summed E-state index contributed by atoms with van der Waals surface area (Å²) in [6.07, 6.45) is 1.33. The van der Waals surface area contributed by atoms with Crippen LogP contribution in [0.25, 0.3) is 0 Å². The van der Waals surface area contributed by atoms with Crippen molar-refractivity contribution in [2.75, 3.05) is 5.32 Å². The molecule has 3 rings (SSSR count). The van der Waals surface area contributed by atoms with Gasteiger partial charge >= 0.3 is 11.8 Å². The molecule has 0 aliphatic carbocycles. The van der Waals surface area contributed by atoms with Gasteiger partial charge in [-0.3, -0.25) is 9.59 Å². The molecule has 0 radical (unpaired) electrons. The predicted octanol–water partition coefficient (Wildman–Crippen LogP) is 4.80. The number of nitrogens with zero attached hydrogens (tertiary/aromatic N) is 1. The number of nitrogens with one attached hydrogen (secondary N) is 2. The molecule has 0 aliphatic heterocycles. The fraction of sp³-hybridized carbons (Fsp3) is 0.0455. The molecule has 2 amide bonds. The number of anilines is 1. The van der Waals surface area contributed by atoms with Crippen molar-refractivity contribution in [2.45, 2.75) is 6.61 Å². The maximum Gasteiger partial charge on any atom is 0.329 e. The number of amides is 2. The molecule has 0 atom stereocenters. The highest BCUT2D eigenvalue weighted by Gasteiger charge is 2.12. The van der Waals surface area contributed by atoms with Crippen LogP contribution in [0, 0.1) is 5.82 Å². The van der Waals surface area contributed by atoms with Crippen LogP contribution < -0.4 is 15.5 Å². The second-order valence-electron chi connectivity index (χ2n) is 6.27. The van der Waals surface area contributed by atoms with Gasteiger partial charge in [0.2, 0.25) is 0 Å². The van der Waals surface area contributed by atoms with Gasteiger partial charge in [-0.2, -0.15) is 5.10 Å². The summed E-state index contributed by atoms with van der Waals surface area (Å²) in [6.45, 7) is 0.323. The van der Waals surface area contributed by atoms with E-state index in [4.69, 9.17) is 27.9 Å². The van der Waals surface area contributed by atoms with E-state index < -0.39 is 17.6 Å². The largest absolute Gasteiger partial charge is 0.487 e. The summed E-state index contributed by atoms with van der Waals surface area (Å²) in [5.74, 6) is -1.88. The number of benzene rings is 3. The van der Waals surface area contributed by atoms with Gasteiger partial charge in [0, 0.05) is 10.7 Å². The predicted molar refractivity (Wildman–Crippen MR) is 118 cm³/mol. The number of hydrogen-bond donors (Lipinski definition) is 2. The van der Waals surface area contributed by atoms with Crippen LogP contribution in [0.1, 0.15) is 11.1 Å². The molecule has 158 valence electrons. The average Bonchev–Trinajstić information content (AvgIpc) is 2.76. The van der Waals surface area contributed by atoms with Crippen molar-refractivity contribution < 1.29 is 18.7 Å². The second kappa shape index (κ2) is 10.6. The summed E-state index contributed by atoms with van der Waals surface area (Å²) in [5, 5.41) is 7.07. The van der Waals surface area contributed by atoms with E-state index in [1.807, 2.05) is 12.1 Å². The zero-order chi connectivity index (χ0) is 22.2. The smallest absolute Gasteiger partial charge is 0.329 e. The second-order valence-corrected chi connectivity index (χ2v) is 7.11. The summed E-state index contributed by atoms with van der Waals surface area (Å²) < 4.78 is 18.6. The molecule has 0 heterocycles. The summed E-state index contributed by atoms with van der Waals surface area (Å²) in [6, 6.07) is 17.2. The van der Waals surface area contributed by atoms with E-state index in [0.29, 0.717) is 28.0 Å². The van der Waals surface area contributed by atoms with Crippen LogP contribution in [0.15, 0.2) is 71.8 Å². The molecule has 9 heteroatoms. The van der Waals surface area contributed by atoms with E-state index in [0.717, 1.165) is 17.7 Å². The van der Waals surface area contributed by atoms with Crippen molar-refractivity contribution >= 4 is 46.9 Å². The zero-order valence-electron chi connectivity index (χ0n) is 15.9. The number of ether oxygens (including phenoxy) is 1. The first-order valence-electron chi connectivity index (χ1n) is 8.97. The Morgan fingerprint density at radius 1 is 0.968 bits per heavy atom. The monoisotopic (exact) mass is 459 g/mol. The van der Waals surface area contributed by atoms with E-state index in [1.54, 1.807) is 30.3 Å². The van der Waals surface area contributed by atoms with Crippen molar-refractivity contribution in [1.82, 2.24) is 5.43 Å². The topological polar surface area (TPSA) is 79.8 Å². The fourth-order valence-corrected chi connectivity index (χ4v) is 2.76. The lowest BCUT2D eigenvalue weighted by Crippen LogP contribution is -2.32. The van der Waals surface area contributed by atoms with Crippen molar-refractivity contribution in [3.05, 3.63) is 93.7 Å². The lowest BCUT2D eigenvalue weighted by Gasteiger charge is -2.09. The Bertz CT molecular complexity index is 1100. The van der Waals surface area contributed by atoms with E-state index in [2.05, 4.69) is 15.8 Å². The minimum atomic E-state index is -0.977. The standard InChI is InChI=1S/C22H16Cl2FN3O3/c23-16-4-1-14(2-5-16)13-31-20-10-3-15(11-19(20)24)12-26-28-22(30)21(29)27-18-8-6-17(25)7-9-18/h1-12H,13H2,(H,27,29)(H,28,30)/b26-12-.